The normalized spacial score (nSPS) is 11.9. The summed E-state index contributed by atoms with van der Waals surface area (Å²) in [6.07, 6.45) is 5.03. The Morgan fingerprint density at radius 3 is 2.67 bits per heavy atom. The highest BCUT2D eigenvalue weighted by atomic mass is 35.5. The van der Waals surface area contributed by atoms with Gasteiger partial charge in [0.1, 0.15) is 5.82 Å². The quantitative estimate of drug-likeness (QED) is 0.908. The lowest BCUT2D eigenvalue weighted by Gasteiger charge is -2.08. The number of aryl methyl sites for hydroxylation is 1. The first-order valence-corrected chi connectivity index (χ1v) is 5.96. The molecule has 0 aliphatic carbocycles. The number of anilines is 1. The maximum Gasteiger partial charge on any atom is 0.148 e. The Kier molecular flexibility index (Phi) is 5.22. The van der Waals surface area contributed by atoms with E-state index in [1.807, 2.05) is 36.3 Å². The Hall–Kier alpha value is -1.49. The first kappa shape index (κ1) is 14.6. The molecule has 5 nitrogen and oxygen atoms in total. The average Bonchev–Trinajstić information content (AvgIpc) is 2.94. The van der Waals surface area contributed by atoms with Gasteiger partial charge in [0.15, 0.2) is 0 Å². The van der Waals surface area contributed by atoms with Crippen LogP contribution in [0, 0.1) is 0 Å². The fourth-order valence-electron chi connectivity index (χ4n) is 1.60. The van der Waals surface area contributed by atoms with Crippen LogP contribution < -0.4 is 5.32 Å². The molecule has 0 aliphatic heterocycles. The van der Waals surface area contributed by atoms with Crippen molar-refractivity contribution in [3.05, 3.63) is 30.2 Å². The summed E-state index contributed by atoms with van der Waals surface area (Å²) in [7, 11) is 1.92. The summed E-state index contributed by atoms with van der Waals surface area (Å²) >= 11 is 0. The van der Waals surface area contributed by atoms with E-state index in [1.54, 1.807) is 4.68 Å². The van der Waals surface area contributed by atoms with Crippen LogP contribution in [0.3, 0.4) is 0 Å². The third-order valence-electron chi connectivity index (χ3n) is 2.87. The summed E-state index contributed by atoms with van der Waals surface area (Å²) < 4.78 is 3.79. The summed E-state index contributed by atoms with van der Waals surface area (Å²) in [5.41, 5.74) is 1.02. The Morgan fingerprint density at radius 2 is 2.06 bits per heavy atom. The molecule has 2 aromatic rings. The van der Waals surface area contributed by atoms with E-state index in [2.05, 4.69) is 29.4 Å². The molecule has 0 spiro atoms. The lowest BCUT2D eigenvalue weighted by atomic mass is 10.3. The van der Waals surface area contributed by atoms with E-state index in [0.29, 0.717) is 12.6 Å². The second kappa shape index (κ2) is 6.44. The zero-order valence-corrected chi connectivity index (χ0v) is 11.8. The molecule has 1 atom stereocenters. The van der Waals surface area contributed by atoms with E-state index in [0.717, 1.165) is 17.9 Å². The van der Waals surface area contributed by atoms with Crippen LogP contribution in [-0.4, -0.2) is 19.6 Å². The molecule has 2 rings (SSSR count). The van der Waals surface area contributed by atoms with E-state index in [9.17, 15) is 0 Å². The number of aromatic nitrogens is 4. The Balaban J connectivity index is 0.00000162. The summed E-state index contributed by atoms with van der Waals surface area (Å²) in [5, 5.41) is 12.0. The van der Waals surface area contributed by atoms with Gasteiger partial charge in [0.2, 0.25) is 0 Å². The van der Waals surface area contributed by atoms with Gasteiger partial charge in [0.05, 0.1) is 12.2 Å². The molecule has 0 saturated carbocycles. The molecular formula is C12H20ClN5. The summed E-state index contributed by atoms with van der Waals surface area (Å²) in [5.74, 6) is 0.899. The summed E-state index contributed by atoms with van der Waals surface area (Å²) in [6, 6.07) is 4.44. The Labute approximate surface area is 114 Å². The standard InChI is InChI=1S/C12H19N5.ClH/c1-4-10(2)17-8-6-12(15-17)13-9-11-5-7-16(3)14-11;/h5-8,10H,4,9H2,1-3H3,(H,13,15);1H. The lowest BCUT2D eigenvalue weighted by molar-refractivity contribution is 0.479. The van der Waals surface area contributed by atoms with Crippen LogP contribution in [0.1, 0.15) is 32.0 Å². The van der Waals surface area contributed by atoms with E-state index < -0.39 is 0 Å². The van der Waals surface area contributed by atoms with Crippen molar-refractivity contribution in [2.24, 2.45) is 7.05 Å². The third kappa shape index (κ3) is 3.50. The van der Waals surface area contributed by atoms with Crippen LogP contribution in [0.15, 0.2) is 24.5 Å². The van der Waals surface area contributed by atoms with Crippen molar-refractivity contribution in [3.63, 3.8) is 0 Å². The van der Waals surface area contributed by atoms with Gasteiger partial charge in [-0.3, -0.25) is 9.36 Å². The molecule has 0 radical (unpaired) electrons. The van der Waals surface area contributed by atoms with Crippen molar-refractivity contribution in [1.82, 2.24) is 19.6 Å². The number of nitrogens with one attached hydrogen (secondary N) is 1. The van der Waals surface area contributed by atoms with E-state index in [1.165, 1.54) is 0 Å². The van der Waals surface area contributed by atoms with Crippen LogP contribution in [0.5, 0.6) is 0 Å². The fourth-order valence-corrected chi connectivity index (χ4v) is 1.60. The van der Waals surface area contributed by atoms with Crippen molar-refractivity contribution >= 4 is 18.2 Å². The molecule has 2 aromatic heterocycles. The number of halogens is 1. The van der Waals surface area contributed by atoms with Crippen LogP contribution >= 0.6 is 12.4 Å². The van der Waals surface area contributed by atoms with Gasteiger partial charge in [0, 0.05) is 31.5 Å². The topological polar surface area (TPSA) is 47.7 Å². The zero-order valence-electron chi connectivity index (χ0n) is 11.0. The predicted octanol–water partition coefficient (Wildman–Crippen LogP) is 2.62. The molecule has 0 saturated heterocycles. The van der Waals surface area contributed by atoms with Gasteiger partial charge in [0.25, 0.3) is 0 Å². The Bertz CT molecular complexity index is 476. The predicted molar refractivity (Wildman–Crippen MR) is 75.0 cm³/mol. The Morgan fingerprint density at radius 1 is 1.28 bits per heavy atom. The number of hydrogen-bond acceptors (Lipinski definition) is 3. The molecule has 1 unspecified atom stereocenters. The van der Waals surface area contributed by atoms with E-state index in [-0.39, 0.29) is 12.4 Å². The summed E-state index contributed by atoms with van der Waals surface area (Å²) in [4.78, 5) is 0. The maximum absolute atomic E-state index is 4.47. The van der Waals surface area contributed by atoms with Gasteiger partial charge in [-0.05, 0) is 19.4 Å². The van der Waals surface area contributed by atoms with E-state index >= 15 is 0 Å². The maximum atomic E-state index is 4.47. The summed E-state index contributed by atoms with van der Waals surface area (Å²) in [6.45, 7) is 5.03. The van der Waals surface area contributed by atoms with Gasteiger partial charge >= 0.3 is 0 Å². The molecule has 100 valence electrons. The van der Waals surface area contributed by atoms with Crippen LogP contribution in [-0.2, 0) is 13.6 Å². The van der Waals surface area contributed by atoms with Crippen molar-refractivity contribution in [1.29, 1.82) is 0 Å². The first-order valence-electron chi connectivity index (χ1n) is 5.96. The van der Waals surface area contributed by atoms with E-state index in [4.69, 9.17) is 0 Å². The van der Waals surface area contributed by atoms with Crippen molar-refractivity contribution in [3.8, 4) is 0 Å². The highest BCUT2D eigenvalue weighted by Gasteiger charge is 2.04. The molecule has 18 heavy (non-hydrogen) atoms. The monoisotopic (exact) mass is 269 g/mol. The van der Waals surface area contributed by atoms with Gasteiger partial charge in [-0.2, -0.15) is 10.2 Å². The minimum Gasteiger partial charge on any atom is -0.363 e. The van der Waals surface area contributed by atoms with Crippen LogP contribution in [0.25, 0.3) is 0 Å². The first-order chi connectivity index (χ1) is 8.19. The minimum atomic E-state index is 0. The second-order valence-electron chi connectivity index (χ2n) is 4.27. The third-order valence-corrected chi connectivity index (χ3v) is 2.87. The lowest BCUT2D eigenvalue weighted by Crippen LogP contribution is -2.06. The number of nitrogens with zero attached hydrogens (tertiary/aromatic N) is 4. The van der Waals surface area contributed by atoms with Crippen molar-refractivity contribution in [2.75, 3.05) is 5.32 Å². The smallest absolute Gasteiger partial charge is 0.148 e. The molecule has 1 N–H and O–H groups in total. The van der Waals surface area contributed by atoms with Crippen LogP contribution in [0.4, 0.5) is 5.82 Å². The molecule has 0 bridgehead atoms. The number of rotatable bonds is 5. The molecule has 0 fully saturated rings. The van der Waals surface area contributed by atoms with Crippen molar-refractivity contribution < 1.29 is 0 Å². The fraction of sp³-hybridized carbons (Fsp3) is 0.500. The SMILES string of the molecule is CCC(C)n1ccc(NCc2ccn(C)n2)n1.Cl. The largest absolute Gasteiger partial charge is 0.363 e. The average molecular weight is 270 g/mol. The molecular weight excluding hydrogens is 250 g/mol. The molecule has 6 heteroatoms. The number of hydrogen-bond donors (Lipinski definition) is 1. The highest BCUT2D eigenvalue weighted by molar-refractivity contribution is 5.85. The van der Waals surface area contributed by atoms with Crippen LogP contribution in [0.2, 0.25) is 0 Å². The highest BCUT2D eigenvalue weighted by Crippen LogP contribution is 2.12. The van der Waals surface area contributed by atoms with Crippen molar-refractivity contribution in [2.45, 2.75) is 32.9 Å². The van der Waals surface area contributed by atoms with Gasteiger partial charge in [-0.15, -0.1) is 12.4 Å². The molecule has 0 aromatic carbocycles. The molecule has 2 heterocycles. The minimum absolute atomic E-state index is 0. The second-order valence-corrected chi connectivity index (χ2v) is 4.27. The molecule has 0 amide bonds. The van der Waals surface area contributed by atoms with Gasteiger partial charge < -0.3 is 5.32 Å². The van der Waals surface area contributed by atoms with Gasteiger partial charge in [-0.1, -0.05) is 6.92 Å². The zero-order chi connectivity index (χ0) is 12.3. The molecule has 0 aliphatic rings. The van der Waals surface area contributed by atoms with Gasteiger partial charge in [-0.25, -0.2) is 0 Å².